The summed E-state index contributed by atoms with van der Waals surface area (Å²) in [5.74, 6) is 0.184. The molecular formula is C33H32N2O5S2. The van der Waals surface area contributed by atoms with Gasteiger partial charge in [-0.05, 0) is 72.7 Å². The topological polar surface area (TPSA) is 93.7 Å². The average molecular weight is 601 g/mol. The first-order chi connectivity index (χ1) is 20.4. The number of thioether (sulfide) groups is 1. The Morgan fingerprint density at radius 1 is 0.952 bits per heavy atom. The standard InChI is InChI=1S/C33H32N2O5S2/c1-20-15-16-26-27(17-20)42-32(28(26)33(38)40-3)35-31(37)29(21-9-5-4-6-10-21)41-25-14-8-12-23(19-25)34-30(36)22-11-7-13-24(18-22)39-2/h4-14,18-20,29H,15-17H2,1-3H3,(H,34,36)(H,35,37). The van der Waals surface area contributed by atoms with Crippen LogP contribution in [0.3, 0.4) is 0 Å². The van der Waals surface area contributed by atoms with Gasteiger partial charge in [0, 0.05) is 21.0 Å². The summed E-state index contributed by atoms with van der Waals surface area (Å²) in [5.41, 5.74) is 3.36. The Balaban J connectivity index is 1.40. The molecule has 2 amide bonds. The number of rotatable bonds is 9. The van der Waals surface area contributed by atoms with Crippen LogP contribution in [0.1, 0.15) is 55.3 Å². The monoisotopic (exact) mass is 600 g/mol. The van der Waals surface area contributed by atoms with Crippen LogP contribution in [-0.4, -0.2) is 32.0 Å². The molecule has 1 aliphatic rings. The molecule has 0 saturated heterocycles. The first kappa shape index (κ1) is 29.4. The number of hydrogen-bond acceptors (Lipinski definition) is 7. The number of thiophene rings is 1. The van der Waals surface area contributed by atoms with Crippen LogP contribution < -0.4 is 15.4 Å². The van der Waals surface area contributed by atoms with Gasteiger partial charge in [-0.1, -0.05) is 49.4 Å². The summed E-state index contributed by atoms with van der Waals surface area (Å²) < 4.78 is 10.3. The summed E-state index contributed by atoms with van der Waals surface area (Å²) in [5, 5.41) is 5.93. The molecule has 1 aromatic heterocycles. The number of anilines is 2. The minimum Gasteiger partial charge on any atom is -0.497 e. The van der Waals surface area contributed by atoms with Crippen LogP contribution in [0, 0.1) is 5.92 Å². The van der Waals surface area contributed by atoms with E-state index in [1.54, 1.807) is 37.4 Å². The highest BCUT2D eigenvalue weighted by atomic mass is 32.2. The highest BCUT2D eigenvalue weighted by Crippen LogP contribution is 2.42. The van der Waals surface area contributed by atoms with Gasteiger partial charge in [-0.15, -0.1) is 23.1 Å². The van der Waals surface area contributed by atoms with Gasteiger partial charge in [-0.25, -0.2) is 4.79 Å². The van der Waals surface area contributed by atoms with E-state index in [1.165, 1.54) is 30.2 Å². The van der Waals surface area contributed by atoms with Crippen molar-refractivity contribution in [2.24, 2.45) is 5.92 Å². The van der Waals surface area contributed by atoms with Crippen molar-refractivity contribution in [1.29, 1.82) is 0 Å². The zero-order valence-corrected chi connectivity index (χ0v) is 25.3. The molecule has 9 heteroatoms. The van der Waals surface area contributed by atoms with Gasteiger partial charge in [-0.3, -0.25) is 9.59 Å². The van der Waals surface area contributed by atoms with Gasteiger partial charge in [0.15, 0.2) is 0 Å². The van der Waals surface area contributed by atoms with E-state index < -0.39 is 11.2 Å². The van der Waals surface area contributed by atoms with E-state index in [4.69, 9.17) is 9.47 Å². The van der Waals surface area contributed by atoms with Crippen molar-refractivity contribution in [2.45, 2.75) is 36.3 Å². The molecule has 4 aromatic rings. The minimum absolute atomic E-state index is 0.242. The second-order valence-corrected chi connectivity index (χ2v) is 12.4. The Morgan fingerprint density at radius 2 is 1.74 bits per heavy atom. The first-order valence-electron chi connectivity index (χ1n) is 13.7. The maximum absolute atomic E-state index is 13.9. The Kier molecular flexibility index (Phi) is 9.29. The van der Waals surface area contributed by atoms with Crippen LogP contribution in [0.2, 0.25) is 0 Å². The molecule has 2 unspecified atom stereocenters. The number of carbonyl (C=O) groups excluding carboxylic acids is 3. The van der Waals surface area contributed by atoms with Crippen molar-refractivity contribution in [2.75, 3.05) is 24.9 Å². The Hall–Kier alpha value is -4.08. The molecule has 0 saturated carbocycles. The van der Waals surface area contributed by atoms with Crippen molar-refractivity contribution in [3.8, 4) is 5.75 Å². The van der Waals surface area contributed by atoms with E-state index in [-0.39, 0.29) is 11.8 Å². The second kappa shape index (κ2) is 13.3. The van der Waals surface area contributed by atoms with Crippen molar-refractivity contribution in [3.63, 3.8) is 0 Å². The van der Waals surface area contributed by atoms with Gasteiger partial charge in [0.2, 0.25) is 5.91 Å². The molecule has 0 radical (unpaired) electrons. The third-order valence-corrected chi connectivity index (χ3v) is 9.57. The van der Waals surface area contributed by atoms with Crippen LogP contribution in [0.15, 0.2) is 83.8 Å². The quantitative estimate of drug-likeness (QED) is 0.154. The fraction of sp³-hybridized carbons (Fsp3) is 0.242. The minimum atomic E-state index is -0.612. The zero-order valence-electron chi connectivity index (χ0n) is 23.6. The number of hydrogen-bond donors (Lipinski definition) is 2. The number of amides is 2. The number of methoxy groups -OCH3 is 2. The fourth-order valence-corrected chi connectivity index (χ4v) is 7.47. The molecule has 2 atom stereocenters. The fourth-order valence-electron chi connectivity index (χ4n) is 4.99. The van der Waals surface area contributed by atoms with E-state index in [2.05, 4.69) is 17.6 Å². The number of nitrogens with one attached hydrogen (secondary N) is 2. The lowest BCUT2D eigenvalue weighted by molar-refractivity contribution is -0.115. The van der Waals surface area contributed by atoms with Crippen molar-refractivity contribution in [1.82, 2.24) is 0 Å². The predicted molar refractivity (Wildman–Crippen MR) is 168 cm³/mol. The number of carbonyl (C=O) groups is 3. The molecule has 1 aliphatic carbocycles. The molecule has 0 fully saturated rings. The molecule has 3 aromatic carbocycles. The van der Waals surface area contributed by atoms with Gasteiger partial charge in [0.05, 0.1) is 19.8 Å². The molecule has 0 bridgehead atoms. The van der Waals surface area contributed by atoms with Crippen LogP contribution >= 0.6 is 23.1 Å². The largest absolute Gasteiger partial charge is 0.497 e. The number of ether oxygens (including phenoxy) is 2. The first-order valence-corrected chi connectivity index (χ1v) is 15.4. The molecule has 2 N–H and O–H groups in total. The van der Waals surface area contributed by atoms with Crippen LogP contribution in [0.5, 0.6) is 5.75 Å². The van der Waals surface area contributed by atoms with E-state index in [0.29, 0.717) is 33.5 Å². The normalized spacial score (nSPS) is 14.8. The lowest BCUT2D eigenvalue weighted by Gasteiger charge is -2.18. The van der Waals surface area contributed by atoms with Gasteiger partial charge >= 0.3 is 5.97 Å². The lowest BCUT2D eigenvalue weighted by Crippen LogP contribution is -2.20. The predicted octanol–water partition coefficient (Wildman–Crippen LogP) is 7.39. The SMILES string of the molecule is COC(=O)c1c(NC(=O)C(Sc2cccc(NC(=O)c3cccc(OC)c3)c2)c2ccccc2)sc2c1CCC(C)C2. The maximum Gasteiger partial charge on any atom is 0.341 e. The van der Waals surface area contributed by atoms with Crippen LogP contribution in [-0.2, 0) is 22.4 Å². The van der Waals surface area contributed by atoms with Crippen molar-refractivity contribution < 1.29 is 23.9 Å². The molecule has 7 nitrogen and oxygen atoms in total. The molecular weight excluding hydrogens is 569 g/mol. The molecule has 216 valence electrons. The number of esters is 1. The maximum atomic E-state index is 13.9. The van der Waals surface area contributed by atoms with E-state index in [9.17, 15) is 14.4 Å². The van der Waals surface area contributed by atoms with E-state index >= 15 is 0 Å². The highest BCUT2D eigenvalue weighted by Gasteiger charge is 2.31. The lowest BCUT2D eigenvalue weighted by atomic mass is 9.88. The van der Waals surface area contributed by atoms with Crippen LogP contribution in [0.25, 0.3) is 0 Å². The van der Waals surface area contributed by atoms with Gasteiger partial charge in [0.25, 0.3) is 5.91 Å². The second-order valence-electron chi connectivity index (χ2n) is 10.2. The highest BCUT2D eigenvalue weighted by molar-refractivity contribution is 8.00. The molecule has 0 aliphatic heterocycles. The third kappa shape index (κ3) is 6.69. The summed E-state index contributed by atoms with van der Waals surface area (Å²) in [6, 6.07) is 23.8. The summed E-state index contributed by atoms with van der Waals surface area (Å²) in [6.45, 7) is 2.20. The van der Waals surface area contributed by atoms with Crippen LogP contribution in [0.4, 0.5) is 10.7 Å². The molecule has 5 rings (SSSR count). The number of benzene rings is 3. The van der Waals surface area contributed by atoms with Gasteiger partial charge in [0.1, 0.15) is 16.0 Å². The number of fused-ring (bicyclic) bond motifs is 1. The molecule has 0 spiro atoms. The van der Waals surface area contributed by atoms with E-state index in [0.717, 1.165) is 40.2 Å². The van der Waals surface area contributed by atoms with Gasteiger partial charge in [-0.2, -0.15) is 0 Å². The molecule has 42 heavy (non-hydrogen) atoms. The third-order valence-electron chi connectivity index (χ3n) is 7.16. The molecule has 1 heterocycles. The van der Waals surface area contributed by atoms with Crippen molar-refractivity contribution in [3.05, 3.63) is 106 Å². The Bertz CT molecular complexity index is 1600. The summed E-state index contributed by atoms with van der Waals surface area (Å²) in [6.07, 6.45) is 2.66. The zero-order chi connectivity index (χ0) is 29.6. The Morgan fingerprint density at radius 3 is 2.50 bits per heavy atom. The Labute approximate surface area is 253 Å². The summed E-state index contributed by atoms with van der Waals surface area (Å²) >= 11 is 2.84. The smallest absolute Gasteiger partial charge is 0.341 e. The summed E-state index contributed by atoms with van der Waals surface area (Å²) in [7, 11) is 2.92. The van der Waals surface area contributed by atoms with E-state index in [1.807, 2.05) is 48.5 Å². The van der Waals surface area contributed by atoms with Gasteiger partial charge < -0.3 is 20.1 Å². The van der Waals surface area contributed by atoms with Crippen molar-refractivity contribution >= 4 is 51.6 Å². The average Bonchev–Trinajstić information content (AvgIpc) is 3.36. The summed E-state index contributed by atoms with van der Waals surface area (Å²) in [4.78, 5) is 41.5.